The van der Waals surface area contributed by atoms with Crippen LogP contribution in [0.5, 0.6) is 0 Å². The lowest BCUT2D eigenvalue weighted by molar-refractivity contribution is 0.0525. The Morgan fingerprint density at radius 2 is 0.574 bits per heavy atom. The highest BCUT2D eigenvalue weighted by Crippen LogP contribution is 2.25. The molecule has 284 valence electrons. The van der Waals surface area contributed by atoms with Gasteiger partial charge in [-0.2, -0.15) is 12.6 Å². The zero-order valence-corrected chi connectivity index (χ0v) is 34.8. The van der Waals surface area contributed by atoms with E-state index in [2.05, 4.69) is 40.3 Å². The fourth-order valence-corrected chi connectivity index (χ4v) is 9.94. The van der Waals surface area contributed by atoms with E-state index in [1.165, 1.54) is 186 Å². The van der Waals surface area contributed by atoms with Gasteiger partial charge in [0.05, 0.1) is 0 Å². The molecule has 0 rings (SSSR count). The Morgan fingerprint density at radius 3 is 0.787 bits per heavy atom. The first-order valence-electron chi connectivity index (χ1n) is 21.7. The van der Waals surface area contributed by atoms with E-state index in [0.29, 0.717) is 5.92 Å². The lowest BCUT2D eigenvalue weighted by Gasteiger charge is -2.32. The van der Waals surface area contributed by atoms with Crippen molar-refractivity contribution in [3.63, 3.8) is 0 Å². The Balaban J connectivity index is 4.58. The second-order valence-electron chi connectivity index (χ2n) is 15.0. The summed E-state index contributed by atoms with van der Waals surface area (Å²) >= 11 is 4.64. The average Bonchev–Trinajstić information content (AvgIpc) is 3.08. The second kappa shape index (κ2) is 39.2. The average molecular weight is 701 g/mol. The van der Waals surface area contributed by atoms with Crippen LogP contribution in [0.25, 0.3) is 0 Å². The lowest BCUT2D eigenvalue weighted by atomic mass is 10.1. The molecule has 0 heterocycles. The number of rotatable bonds is 41. The summed E-state index contributed by atoms with van der Waals surface area (Å²) in [7, 11) is -2.72. The van der Waals surface area contributed by atoms with Crippen LogP contribution < -0.4 is 0 Å². The van der Waals surface area contributed by atoms with E-state index in [1.54, 1.807) is 0 Å². The van der Waals surface area contributed by atoms with Gasteiger partial charge in [-0.15, -0.1) is 0 Å². The van der Waals surface area contributed by atoms with Crippen LogP contribution in [-0.4, -0.2) is 34.4 Å². The molecular formula is C42H88O3SSi. The quantitative estimate of drug-likeness (QED) is 0.0391. The highest BCUT2D eigenvalue weighted by atomic mass is 32.1. The molecule has 0 aromatic heterocycles. The molecule has 1 atom stereocenters. The van der Waals surface area contributed by atoms with Crippen LogP contribution in [0.1, 0.15) is 233 Å². The van der Waals surface area contributed by atoms with Gasteiger partial charge in [-0.05, 0) is 30.9 Å². The second-order valence-corrected chi connectivity index (χ2v) is 18.0. The summed E-state index contributed by atoms with van der Waals surface area (Å²) < 4.78 is 20.2. The zero-order chi connectivity index (χ0) is 34.4. The van der Waals surface area contributed by atoms with Gasteiger partial charge >= 0.3 is 8.80 Å². The van der Waals surface area contributed by atoms with Crippen LogP contribution in [0.4, 0.5) is 0 Å². The molecule has 0 aromatic rings. The van der Waals surface area contributed by atoms with Gasteiger partial charge in [0.1, 0.15) is 0 Å². The van der Waals surface area contributed by atoms with E-state index in [9.17, 15) is 0 Å². The zero-order valence-electron chi connectivity index (χ0n) is 32.9. The first-order valence-corrected chi connectivity index (χ1v) is 24.2. The molecule has 3 nitrogen and oxygen atoms in total. The van der Waals surface area contributed by atoms with Crippen LogP contribution in [0.15, 0.2) is 0 Å². The highest BCUT2D eigenvalue weighted by Gasteiger charge is 2.42. The van der Waals surface area contributed by atoms with Gasteiger partial charge in [0.15, 0.2) is 0 Å². The van der Waals surface area contributed by atoms with E-state index in [-0.39, 0.29) is 0 Å². The molecule has 0 spiro atoms. The van der Waals surface area contributed by atoms with Crippen molar-refractivity contribution in [1.29, 1.82) is 0 Å². The van der Waals surface area contributed by atoms with E-state index >= 15 is 0 Å². The van der Waals surface area contributed by atoms with E-state index in [4.69, 9.17) is 13.3 Å². The number of unbranched alkanes of at least 4 members (excludes halogenated alkanes) is 29. The summed E-state index contributed by atoms with van der Waals surface area (Å²) in [5.74, 6) is 1.31. The summed E-state index contributed by atoms with van der Waals surface area (Å²) in [4.78, 5) is 0. The van der Waals surface area contributed by atoms with Crippen molar-refractivity contribution < 1.29 is 13.3 Å². The van der Waals surface area contributed by atoms with Gasteiger partial charge in [-0.25, -0.2) is 0 Å². The molecule has 0 saturated heterocycles. The fourth-order valence-electron chi connectivity index (χ4n) is 6.60. The third-order valence-electron chi connectivity index (χ3n) is 9.87. The molecular weight excluding hydrogens is 613 g/mol. The maximum Gasteiger partial charge on any atom is 0.501 e. The van der Waals surface area contributed by atoms with Crippen molar-refractivity contribution >= 4 is 21.4 Å². The molecule has 0 aromatic carbocycles. The lowest BCUT2D eigenvalue weighted by Crippen LogP contribution is -2.48. The highest BCUT2D eigenvalue weighted by molar-refractivity contribution is 7.80. The van der Waals surface area contributed by atoms with Gasteiger partial charge < -0.3 is 13.3 Å². The maximum atomic E-state index is 6.74. The molecule has 0 aliphatic heterocycles. The summed E-state index contributed by atoms with van der Waals surface area (Å²) in [6, 6.07) is 0.907. The fraction of sp³-hybridized carbons (Fsp3) is 1.00. The summed E-state index contributed by atoms with van der Waals surface area (Å²) in [5.41, 5.74) is 0. The van der Waals surface area contributed by atoms with Crippen LogP contribution in [0, 0.1) is 5.92 Å². The van der Waals surface area contributed by atoms with Gasteiger partial charge in [-0.1, -0.05) is 214 Å². The van der Waals surface area contributed by atoms with Gasteiger partial charge in [0.25, 0.3) is 0 Å². The third kappa shape index (κ3) is 34.7. The summed E-state index contributed by atoms with van der Waals surface area (Å²) in [6.07, 6.45) is 43.3. The topological polar surface area (TPSA) is 27.7 Å². The first kappa shape index (κ1) is 47.4. The van der Waals surface area contributed by atoms with Gasteiger partial charge in [0.2, 0.25) is 0 Å². The van der Waals surface area contributed by atoms with Crippen molar-refractivity contribution in [3.8, 4) is 0 Å². The molecule has 47 heavy (non-hydrogen) atoms. The number of hydrogen-bond donors (Lipinski definition) is 1. The molecule has 0 fully saturated rings. The first-order chi connectivity index (χ1) is 23.1. The molecule has 1 unspecified atom stereocenters. The molecule has 0 saturated carbocycles. The largest absolute Gasteiger partial charge is 0.501 e. The molecule has 0 bridgehead atoms. The van der Waals surface area contributed by atoms with Crippen molar-refractivity contribution in [2.75, 3.05) is 25.6 Å². The van der Waals surface area contributed by atoms with Gasteiger partial charge in [-0.3, -0.25) is 0 Å². The Kier molecular flexibility index (Phi) is 39.6. The van der Waals surface area contributed by atoms with Crippen LogP contribution in [0.2, 0.25) is 6.04 Å². The predicted octanol–water partition coefficient (Wildman–Crippen LogP) is 15.1. The van der Waals surface area contributed by atoms with Crippen molar-refractivity contribution in [3.05, 3.63) is 0 Å². The monoisotopic (exact) mass is 701 g/mol. The molecule has 0 aliphatic carbocycles. The normalized spacial score (nSPS) is 12.7. The predicted molar refractivity (Wildman–Crippen MR) is 216 cm³/mol. The minimum atomic E-state index is -2.72. The smallest absolute Gasteiger partial charge is 0.373 e. The van der Waals surface area contributed by atoms with Gasteiger partial charge in [0, 0.05) is 25.9 Å². The van der Waals surface area contributed by atoms with Crippen molar-refractivity contribution in [1.82, 2.24) is 0 Å². The third-order valence-corrected chi connectivity index (χ3v) is 13.6. The standard InChI is InChI=1S/C42H88O3SSi/c1-5-8-11-14-17-20-23-24-27-30-33-36-39-45-47(41-42(4)40-46,43-37-34-31-28-25-21-18-15-12-9-6-2)44-38-35-32-29-26-22-19-16-13-10-7-3/h42,46H,5-41H2,1-4H3. The molecule has 5 heteroatoms. The Bertz CT molecular complexity index is 552. The molecule has 0 N–H and O–H groups in total. The van der Waals surface area contributed by atoms with Crippen molar-refractivity contribution in [2.45, 2.75) is 239 Å². The van der Waals surface area contributed by atoms with E-state index in [0.717, 1.165) is 50.9 Å². The van der Waals surface area contributed by atoms with Crippen molar-refractivity contribution in [2.24, 2.45) is 5.92 Å². The Hall–Kier alpha value is 0.447. The van der Waals surface area contributed by atoms with Crippen LogP contribution in [-0.2, 0) is 13.3 Å². The van der Waals surface area contributed by atoms with Crippen LogP contribution in [0.3, 0.4) is 0 Å². The minimum absolute atomic E-state index is 0.451. The maximum absolute atomic E-state index is 6.74. The SMILES string of the molecule is CCCCCCCCCCCCCCO[Si](CC(C)CS)(OCCCCCCCCCCCC)OCCCCCCCCCCCC. The molecule has 0 aliphatic rings. The number of thiol groups is 1. The molecule has 0 amide bonds. The summed E-state index contributed by atoms with van der Waals surface area (Å²) in [5, 5.41) is 0. The summed E-state index contributed by atoms with van der Waals surface area (Å²) in [6.45, 7) is 11.6. The van der Waals surface area contributed by atoms with E-state index < -0.39 is 8.80 Å². The Morgan fingerprint density at radius 1 is 0.362 bits per heavy atom. The Labute approximate surface area is 304 Å². The minimum Gasteiger partial charge on any atom is -0.373 e. The number of hydrogen-bond acceptors (Lipinski definition) is 4. The van der Waals surface area contributed by atoms with E-state index in [1.807, 2.05) is 0 Å². The molecule has 0 radical (unpaired) electrons. The van der Waals surface area contributed by atoms with Crippen LogP contribution >= 0.6 is 12.6 Å².